The zero-order chi connectivity index (χ0) is 22.7. The summed E-state index contributed by atoms with van der Waals surface area (Å²) in [7, 11) is 0. The van der Waals surface area contributed by atoms with Gasteiger partial charge in [0.05, 0.1) is 16.9 Å². The highest BCUT2D eigenvalue weighted by atomic mass is 32.1. The molecular formula is C22H23FN4O4S. The molecule has 0 atom stereocenters. The molecule has 0 saturated carbocycles. The number of aromatic nitrogens is 1. The van der Waals surface area contributed by atoms with E-state index in [0.29, 0.717) is 46.2 Å². The molecule has 1 aliphatic heterocycles. The van der Waals surface area contributed by atoms with Gasteiger partial charge in [-0.2, -0.15) is 4.98 Å². The van der Waals surface area contributed by atoms with E-state index in [4.69, 9.17) is 4.74 Å². The maximum Gasteiger partial charge on any atom is 0.287 e. The van der Waals surface area contributed by atoms with Crippen molar-refractivity contribution in [1.82, 2.24) is 9.88 Å². The van der Waals surface area contributed by atoms with Gasteiger partial charge in [0, 0.05) is 38.8 Å². The van der Waals surface area contributed by atoms with Gasteiger partial charge in [-0.05, 0) is 49.2 Å². The summed E-state index contributed by atoms with van der Waals surface area (Å²) in [6.45, 7) is 6.11. The van der Waals surface area contributed by atoms with Gasteiger partial charge in [0.25, 0.3) is 11.2 Å². The summed E-state index contributed by atoms with van der Waals surface area (Å²) in [4.78, 5) is 32.1. The van der Waals surface area contributed by atoms with Crippen LogP contribution in [0.25, 0.3) is 10.1 Å². The fraction of sp³-hybridized carbons (Fsp3) is 0.364. The molecule has 168 valence electrons. The van der Waals surface area contributed by atoms with Gasteiger partial charge in [-0.25, -0.2) is 4.39 Å². The fourth-order valence-corrected chi connectivity index (χ4v) is 4.84. The smallest absolute Gasteiger partial charge is 0.287 e. The summed E-state index contributed by atoms with van der Waals surface area (Å²) >= 11 is 1.20. The van der Waals surface area contributed by atoms with Crippen LogP contribution in [0.5, 0.6) is 5.75 Å². The molecule has 1 fully saturated rings. The van der Waals surface area contributed by atoms with E-state index in [1.54, 1.807) is 25.1 Å². The lowest BCUT2D eigenvalue weighted by Gasteiger charge is -2.34. The predicted molar refractivity (Wildman–Crippen MR) is 122 cm³/mol. The van der Waals surface area contributed by atoms with Crippen LogP contribution in [-0.4, -0.2) is 54.1 Å². The molecule has 2 aromatic carbocycles. The number of non-ortho nitro benzene ring substituents is 1. The monoisotopic (exact) mass is 458 g/mol. The molecule has 1 aromatic heterocycles. The highest BCUT2D eigenvalue weighted by Crippen LogP contribution is 2.33. The number of piperazine rings is 1. The van der Waals surface area contributed by atoms with Crippen molar-refractivity contribution in [3.63, 3.8) is 0 Å². The molecule has 3 aromatic rings. The Labute approximate surface area is 188 Å². The minimum absolute atomic E-state index is 0.0504. The van der Waals surface area contributed by atoms with Crippen molar-refractivity contribution in [1.29, 1.82) is 0 Å². The van der Waals surface area contributed by atoms with Crippen LogP contribution < -0.4 is 15.2 Å². The SMILES string of the molecule is Cc1cc([N+](=O)[O-])c2sc(N3CCN(CCCOc4ccc(F)cc4)CC3)nc(=O)c2c1. The van der Waals surface area contributed by atoms with Gasteiger partial charge in [-0.1, -0.05) is 11.3 Å². The molecule has 0 amide bonds. The third kappa shape index (κ3) is 5.03. The third-order valence-corrected chi connectivity index (χ3v) is 6.54. The molecule has 0 unspecified atom stereocenters. The van der Waals surface area contributed by atoms with E-state index < -0.39 is 10.5 Å². The summed E-state index contributed by atoms with van der Waals surface area (Å²) in [5.41, 5.74) is 0.187. The average Bonchev–Trinajstić information content (AvgIpc) is 2.78. The van der Waals surface area contributed by atoms with Crippen molar-refractivity contribution in [3.05, 3.63) is 68.2 Å². The lowest BCUT2D eigenvalue weighted by molar-refractivity contribution is -0.382. The maximum atomic E-state index is 12.9. The van der Waals surface area contributed by atoms with Gasteiger partial charge in [-0.3, -0.25) is 19.8 Å². The second-order valence-electron chi connectivity index (χ2n) is 7.70. The second kappa shape index (κ2) is 9.58. The summed E-state index contributed by atoms with van der Waals surface area (Å²) in [5, 5.41) is 12.3. The van der Waals surface area contributed by atoms with Crippen LogP contribution in [0.3, 0.4) is 0 Å². The normalized spacial score (nSPS) is 14.6. The van der Waals surface area contributed by atoms with E-state index in [1.165, 1.54) is 29.5 Å². The highest BCUT2D eigenvalue weighted by molar-refractivity contribution is 7.22. The molecule has 0 aliphatic carbocycles. The number of rotatable bonds is 7. The number of anilines is 1. The Bertz CT molecular complexity index is 1180. The van der Waals surface area contributed by atoms with Crippen molar-refractivity contribution in [2.24, 2.45) is 0 Å². The lowest BCUT2D eigenvalue weighted by Crippen LogP contribution is -2.47. The summed E-state index contributed by atoms with van der Waals surface area (Å²) < 4.78 is 18.9. The van der Waals surface area contributed by atoms with Crippen molar-refractivity contribution < 1.29 is 14.1 Å². The zero-order valence-corrected chi connectivity index (χ0v) is 18.4. The first-order valence-electron chi connectivity index (χ1n) is 10.4. The van der Waals surface area contributed by atoms with E-state index >= 15 is 0 Å². The van der Waals surface area contributed by atoms with E-state index in [-0.39, 0.29) is 11.5 Å². The molecule has 4 rings (SSSR count). The minimum Gasteiger partial charge on any atom is -0.494 e. The molecule has 1 saturated heterocycles. The number of nitro benzene ring substituents is 1. The van der Waals surface area contributed by atoms with Gasteiger partial charge in [0.15, 0.2) is 5.13 Å². The van der Waals surface area contributed by atoms with Gasteiger partial charge in [0.1, 0.15) is 16.3 Å². The Hall–Kier alpha value is -3.11. The minimum atomic E-state index is -0.443. The number of halogens is 1. The van der Waals surface area contributed by atoms with Gasteiger partial charge < -0.3 is 9.64 Å². The molecule has 0 spiro atoms. The standard InChI is InChI=1S/C22H23FN4O4S/c1-15-13-18-20(19(14-15)27(29)30)32-22(24-21(18)28)26-10-8-25(9-11-26)7-2-12-31-17-5-3-16(23)4-6-17/h3-6,13-14H,2,7-12H2,1H3. The lowest BCUT2D eigenvalue weighted by atomic mass is 10.1. The molecule has 10 heteroatoms. The quantitative estimate of drug-likeness (QED) is 0.304. The number of hydrogen-bond acceptors (Lipinski definition) is 8. The van der Waals surface area contributed by atoms with E-state index in [1.807, 2.05) is 4.90 Å². The van der Waals surface area contributed by atoms with Gasteiger partial charge >= 0.3 is 0 Å². The molecule has 0 bridgehead atoms. The molecule has 32 heavy (non-hydrogen) atoms. The maximum absolute atomic E-state index is 12.9. The van der Waals surface area contributed by atoms with Gasteiger partial charge in [-0.15, -0.1) is 0 Å². The molecule has 2 heterocycles. The van der Waals surface area contributed by atoms with Crippen LogP contribution in [0.1, 0.15) is 12.0 Å². The Morgan fingerprint density at radius 3 is 2.59 bits per heavy atom. The number of fused-ring (bicyclic) bond motifs is 1. The Morgan fingerprint density at radius 2 is 1.91 bits per heavy atom. The van der Waals surface area contributed by atoms with Crippen molar-refractivity contribution in [2.45, 2.75) is 13.3 Å². The van der Waals surface area contributed by atoms with Crippen LogP contribution >= 0.6 is 11.3 Å². The fourth-order valence-electron chi connectivity index (χ4n) is 3.72. The molecule has 1 aliphatic rings. The Kier molecular flexibility index (Phi) is 6.61. The largest absolute Gasteiger partial charge is 0.494 e. The molecule has 0 N–H and O–H groups in total. The number of hydrogen-bond donors (Lipinski definition) is 0. The van der Waals surface area contributed by atoms with Crippen LogP contribution in [0.15, 0.2) is 41.2 Å². The van der Waals surface area contributed by atoms with Crippen LogP contribution in [-0.2, 0) is 0 Å². The number of aryl methyl sites for hydroxylation is 1. The average molecular weight is 459 g/mol. The number of benzene rings is 2. The first-order valence-corrected chi connectivity index (χ1v) is 11.2. The van der Waals surface area contributed by atoms with E-state index in [2.05, 4.69) is 9.88 Å². The number of nitro groups is 1. The van der Waals surface area contributed by atoms with Crippen molar-refractivity contribution in [2.75, 3.05) is 44.2 Å². The Morgan fingerprint density at radius 1 is 1.19 bits per heavy atom. The third-order valence-electron chi connectivity index (χ3n) is 5.38. The van der Waals surface area contributed by atoms with Gasteiger partial charge in [0.2, 0.25) is 0 Å². The van der Waals surface area contributed by atoms with Crippen LogP contribution in [0.4, 0.5) is 15.2 Å². The van der Waals surface area contributed by atoms with Crippen LogP contribution in [0, 0.1) is 22.9 Å². The first kappa shape index (κ1) is 22.1. The Balaban J connectivity index is 1.35. The predicted octanol–water partition coefficient (Wildman–Crippen LogP) is 3.60. The molecule has 8 nitrogen and oxygen atoms in total. The molecule has 0 radical (unpaired) electrons. The topological polar surface area (TPSA) is 88.8 Å². The summed E-state index contributed by atoms with van der Waals surface area (Å²) in [6, 6.07) is 9.13. The molecular weight excluding hydrogens is 435 g/mol. The van der Waals surface area contributed by atoms with Crippen LogP contribution in [0.2, 0.25) is 0 Å². The first-order chi connectivity index (χ1) is 15.4. The zero-order valence-electron chi connectivity index (χ0n) is 17.6. The van der Waals surface area contributed by atoms with E-state index in [9.17, 15) is 19.3 Å². The van der Waals surface area contributed by atoms with E-state index in [0.717, 1.165) is 26.1 Å². The van der Waals surface area contributed by atoms with Crippen molar-refractivity contribution in [3.8, 4) is 5.75 Å². The number of ether oxygens (including phenoxy) is 1. The second-order valence-corrected chi connectivity index (χ2v) is 8.68. The summed E-state index contributed by atoms with van der Waals surface area (Å²) in [5.74, 6) is 0.364. The van der Waals surface area contributed by atoms with Crippen molar-refractivity contribution >= 4 is 32.2 Å². The number of nitrogens with zero attached hydrogens (tertiary/aromatic N) is 4. The summed E-state index contributed by atoms with van der Waals surface area (Å²) in [6.07, 6.45) is 0.838. The highest BCUT2D eigenvalue weighted by Gasteiger charge is 2.22.